The number of aromatic nitrogens is 1. The standard InChI is InChI=1S/C9H12ClNS/c10-7-9(4-5-9)3-1-8-2-6-11-12-8/h2,6H,1,3-5,7H2. The van der Waals surface area contributed by atoms with Crippen LogP contribution in [0.4, 0.5) is 0 Å². The topological polar surface area (TPSA) is 12.9 Å². The summed E-state index contributed by atoms with van der Waals surface area (Å²) in [5.74, 6) is 0.839. The van der Waals surface area contributed by atoms with E-state index in [1.165, 1.54) is 24.1 Å². The summed E-state index contributed by atoms with van der Waals surface area (Å²) in [5, 5.41) is 0. The van der Waals surface area contributed by atoms with E-state index >= 15 is 0 Å². The van der Waals surface area contributed by atoms with Crippen molar-refractivity contribution >= 4 is 23.1 Å². The molecule has 0 saturated heterocycles. The van der Waals surface area contributed by atoms with Gasteiger partial charge in [0, 0.05) is 17.0 Å². The maximum Gasteiger partial charge on any atom is 0.0409 e. The molecule has 0 unspecified atom stereocenters. The Morgan fingerprint density at radius 2 is 2.42 bits per heavy atom. The smallest absolute Gasteiger partial charge is 0.0409 e. The number of aryl methyl sites for hydroxylation is 1. The molecule has 1 nitrogen and oxygen atoms in total. The van der Waals surface area contributed by atoms with Gasteiger partial charge in [-0.2, -0.15) is 0 Å². The second-order valence-corrected chi connectivity index (χ2v) is 4.80. The first-order valence-electron chi connectivity index (χ1n) is 4.30. The molecule has 1 aromatic rings. The van der Waals surface area contributed by atoms with Gasteiger partial charge in [-0.3, -0.25) is 0 Å². The number of hydrogen-bond acceptors (Lipinski definition) is 2. The summed E-state index contributed by atoms with van der Waals surface area (Å²) >= 11 is 7.49. The third-order valence-electron chi connectivity index (χ3n) is 2.63. The first-order chi connectivity index (χ1) is 5.85. The van der Waals surface area contributed by atoms with Gasteiger partial charge in [-0.15, -0.1) is 11.6 Å². The molecular weight excluding hydrogens is 190 g/mol. The zero-order valence-corrected chi connectivity index (χ0v) is 8.50. The van der Waals surface area contributed by atoms with Crippen LogP contribution in [-0.2, 0) is 6.42 Å². The molecule has 1 aromatic heterocycles. The van der Waals surface area contributed by atoms with E-state index in [0.29, 0.717) is 5.41 Å². The van der Waals surface area contributed by atoms with Crippen molar-refractivity contribution in [3.63, 3.8) is 0 Å². The molecule has 1 aliphatic rings. The molecule has 0 spiro atoms. The monoisotopic (exact) mass is 201 g/mol. The van der Waals surface area contributed by atoms with Crippen LogP contribution < -0.4 is 0 Å². The van der Waals surface area contributed by atoms with Gasteiger partial charge in [0.05, 0.1) is 0 Å². The molecule has 1 heterocycles. The van der Waals surface area contributed by atoms with Crippen LogP contribution in [0.5, 0.6) is 0 Å². The minimum atomic E-state index is 0.506. The summed E-state index contributed by atoms with van der Waals surface area (Å²) in [7, 11) is 0. The van der Waals surface area contributed by atoms with Crippen molar-refractivity contribution in [2.24, 2.45) is 5.41 Å². The van der Waals surface area contributed by atoms with Crippen molar-refractivity contribution in [3.05, 3.63) is 17.1 Å². The Kier molecular flexibility index (Phi) is 2.37. The fourth-order valence-electron chi connectivity index (χ4n) is 1.39. The predicted octanol–water partition coefficient (Wildman–Crippen LogP) is 3.09. The van der Waals surface area contributed by atoms with Crippen LogP contribution in [0.2, 0.25) is 0 Å². The summed E-state index contributed by atoms with van der Waals surface area (Å²) in [6, 6.07) is 2.11. The highest BCUT2D eigenvalue weighted by atomic mass is 35.5. The number of hydrogen-bond donors (Lipinski definition) is 0. The van der Waals surface area contributed by atoms with E-state index in [9.17, 15) is 0 Å². The normalized spacial score (nSPS) is 19.4. The second kappa shape index (κ2) is 3.35. The van der Waals surface area contributed by atoms with Gasteiger partial charge in [0.15, 0.2) is 0 Å². The Labute approximate surface area is 81.9 Å². The summed E-state index contributed by atoms with van der Waals surface area (Å²) < 4.78 is 4.08. The van der Waals surface area contributed by atoms with Crippen LogP contribution in [-0.4, -0.2) is 10.3 Å². The SMILES string of the molecule is ClCC1(CCc2ccns2)CC1. The van der Waals surface area contributed by atoms with Gasteiger partial charge in [0.25, 0.3) is 0 Å². The van der Waals surface area contributed by atoms with Gasteiger partial charge in [0.2, 0.25) is 0 Å². The summed E-state index contributed by atoms with van der Waals surface area (Å²) in [4.78, 5) is 1.39. The van der Waals surface area contributed by atoms with E-state index in [4.69, 9.17) is 11.6 Å². The van der Waals surface area contributed by atoms with Crippen molar-refractivity contribution in [2.45, 2.75) is 25.7 Å². The average molecular weight is 202 g/mol. The summed E-state index contributed by atoms with van der Waals surface area (Å²) in [6.07, 6.45) is 6.95. The van der Waals surface area contributed by atoms with Crippen LogP contribution in [0, 0.1) is 5.41 Å². The second-order valence-electron chi connectivity index (χ2n) is 3.61. The minimum absolute atomic E-state index is 0.506. The van der Waals surface area contributed by atoms with E-state index in [2.05, 4.69) is 10.4 Å². The lowest BCUT2D eigenvalue weighted by atomic mass is 10.0. The van der Waals surface area contributed by atoms with Crippen molar-refractivity contribution in [3.8, 4) is 0 Å². The van der Waals surface area contributed by atoms with E-state index in [0.717, 1.165) is 12.3 Å². The third-order valence-corrected chi connectivity index (χ3v) is 4.00. The Morgan fingerprint density at radius 3 is 2.92 bits per heavy atom. The number of halogens is 1. The van der Waals surface area contributed by atoms with Crippen LogP contribution in [0.3, 0.4) is 0 Å². The fraction of sp³-hybridized carbons (Fsp3) is 0.667. The van der Waals surface area contributed by atoms with Crippen LogP contribution in [0.1, 0.15) is 24.1 Å². The molecule has 0 atom stereocenters. The van der Waals surface area contributed by atoms with Crippen LogP contribution >= 0.6 is 23.1 Å². The van der Waals surface area contributed by atoms with Gasteiger partial charge in [-0.05, 0) is 48.7 Å². The Morgan fingerprint density at radius 1 is 1.58 bits per heavy atom. The Hall–Kier alpha value is -0.0800. The van der Waals surface area contributed by atoms with Gasteiger partial charge in [-0.1, -0.05) is 0 Å². The van der Waals surface area contributed by atoms with Crippen molar-refractivity contribution in [1.29, 1.82) is 0 Å². The average Bonchev–Trinajstić information content (AvgIpc) is 2.70. The molecule has 0 aliphatic heterocycles. The number of nitrogens with zero attached hydrogens (tertiary/aromatic N) is 1. The minimum Gasteiger partial charge on any atom is -0.201 e. The maximum absolute atomic E-state index is 5.88. The highest BCUT2D eigenvalue weighted by Gasteiger charge is 2.40. The van der Waals surface area contributed by atoms with E-state index in [1.54, 1.807) is 11.5 Å². The maximum atomic E-state index is 5.88. The highest BCUT2D eigenvalue weighted by Crippen LogP contribution is 2.50. The van der Waals surface area contributed by atoms with Gasteiger partial charge in [-0.25, -0.2) is 4.37 Å². The molecular formula is C9H12ClNS. The Bertz CT molecular complexity index is 241. The first kappa shape index (κ1) is 8.52. The fourth-order valence-corrected chi connectivity index (χ4v) is 2.36. The van der Waals surface area contributed by atoms with Gasteiger partial charge in [0.1, 0.15) is 0 Å². The molecule has 12 heavy (non-hydrogen) atoms. The van der Waals surface area contributed by atoms with Crippen molar-refractivity contribution < 1.29 is 0 Å². The zero-order chi connectivity index (χ0) is 8.44. The number of rotatable bonds is 4. The predicted molar refractivity (Wildman–Crippen MR) is 52.8 cm³/mol. The lowest BCUT2D eigenvalue weighted by Crippen LogP contribution is -2.02. The van der Waals surface area contributed by atoms with E-state index in [1.807, 2.05) is 6.20 Å². The molecule has 2 rings (SSSR count). The molecule has 0 aromatic carbocycles. The number of alkyl halides is 1. The molecule has 1 saturated carbocycles. The van der Waals surface area contributed by atoms with E-state index < -0.39 is 0 Å². The summed E-state index contributed by atoms with van der Waals surface area (Å²) in [5.41, 5.74) is 0.506. The molecule has 0 radical (unpaired) electrons. The largest absolute Gasteiger partial charge is 0.201 e. The highest BCUT2D eigenvalue weighted by molar-refractivity contribution is 7.05. The molecule has 0 N–H and O–H groups in total. The molecule has 1 aliphatic carbocycles. The van der Waals surface area contributed by atoms with Gasteiger partial charge < -0.3 is 0 Å². The lowest BCUT2D eigenvalue weighted by molar-refractivity contribution is 0.527. The Balaban J connectivity index is 1.83. The summed E-state index contributed by atoms with van der Waals surface area (Å²) in [6.45, 7) is 0. The van der Waals surface area contributed by atoms with Crippen molar-refractivity contribution in [2.75, 3.05) is 5.88 Å². The van der Waals surface area contributed by atoms with Crippen molar-refractivity contribution in [1.82, 2.24) is 4.37 Å². The van der Waals surface area contributed by atoms with Crippen LogP contribution in [0.25, 0.3) is 0 Å². The molecule has 1 fully saturated rings. The molecule has 0 amide bonds. The molecule has 0 bridgehead atoms. The molecule has 66 valence electrons. The van der Waals surface area contributed by atoms with Gasteiger partial charge >= 0.3 is 0 Å². The third kappa shape index (κ3) is 1.80. The van der Waals surface area contributed by atoms with Crippen LogP contribution in [0.15, 0.2) is 12.3 Å². The quantitative estimate of drug-likeness (QED) is 0.683. The lowest BCUT2D eigenvalue weighted by Gasteiger charge is -2.08. The zero-order valence-electron chi connectivity index (χ0n) is 6.92. The van der Waals surface area contributed by atoms with E-state index in [-0.39, 0.29) is 0 Å². The first-order valence-corrected chi connectivity index (χ1v) is 5.61. The molecule has 3 heteroatoms.